The Balaban J connectivity index is 2.12. The van der Waals surface area contributed by atoms with E-state index in [9.17, 15) is 4.79 Å². The lowest BCUT2D eigenvalue weighted by atomic mass is 10.0. The number of rotatable bonds is 2. The quantitative estimate of drug-likeness (QED) is 0.660. The number of benzene rings is 2. The summed E-state index contributed by atoms with van der Waals surface area (Å²) in [6.07, 6.45) is 1.76. The molecule has 2 aromatic carbocycles. The van der Waals surface area contributed by atoms with Gasteiger partial charge in [0, 0.05) is 16.6 Å². The second kappa shape index (κ2) is 5.54. The van der Waals surface area contributed by atoms with Gasteiger partial charge in [-0.1, -0.05) is 23.7 Å². The van der Waals surface area contributed by atoms with Gasteiger partial charge in [0.25, 0.3) is 0 Å². The lowest BCUT2D eigenvalue weighted by Gasteiger charge is -2.07. The zero-order valence-corrected chi connectivity index (χ0v) is 12.1. The fraction of sp³-hybridized carbons (Fsp3) is 0.0588. The second-order valence-corrected chi connectivity index (χ2v) is 5.03. The highest BCUT2D eigenvalue weighted by molar-refractivity contribution is 6.31. The van der Waals surface area contributed by atoms with Crippen molar-refractivity contribution in [3.63, 3.8) is 0 Å². The number of carbonyl (C=O) groups excluding carboxylic acids is 1. The summed E-state index contributed by atoms with van der Waals surface area (Å²) >= 11 is 6.07. The van der Waals surface area contributed by atoms with E-state index in [0.29, 0.717) is 10.6 Å². The highest BCUT2D eigenvalue weighted by Gasteiger charge is 2.08. The van der Waals surface area contributed by atoms with Gasteiger partial charge in [0.2, 0.25) is 0 Å². The predicted molar refractivity (Wildman–Crippen MR) is 83.5 cm³/mol. The minimum absolute atomic E-state index is 0.343. The Morgan fingerprint density at radius 1 is 1.10 bits per heavy atom. The third kappa shape index (κ3) is 2.60. The van der Waals surface area contributed by atoms with Gasteiger partial charge in [-0.25, -0.2) is 4.79 Å². The highest BCUT2D eigenvalue weighted by Crippen LogP contribution is 2.29. The van der Waals surface area contributed by atoms with Crippen molar-refractivity contribution in [1.82, 2.24) is 4.98 Å². The molecule has 0 atom stereocenters. The van der Waals surface area contributed by atoms with Gasteiger partial charge < -0.3 is 4.74 Å². The first-order valence-corrected chi connectivity index (χ1v) is 6.80. The van der Waals surface area contributed by atoms with E-state index in [1.165, 1.54) is 7.11 Å². The van der Waals surface area contributed by atoms with Crippen LogP contribution in [-0.4, -0.2) is 18.1 Å². The molecule has 0 fully saturated rings. The number of ether oxygens (including phenoxy) is 1. The molecule has 0 N–H and O–H groups in total. The van der Waals surface area contributed by atoms with Crippen molar-refractivity contribution in [2.45, 2.75) is 0 Å². The third-order valence-electron chi connectivity index (χ3n) is 3.32. The van der Waals surface area contributed by atoms with Crippen LogP contribution in [0.25, 0.3) is 22.0 Å². The van der Waals surface area contributed by atoms with E-state index in [1.807, 2.05) is 36.4 Å². The minimum atomic E-state index is -0.343. The van der Waals surface area contributed by atoms with Gasteiger partial charge in [-0.3, -0.25) is 4.98 Å². The number of carbonyl (C=O) groups is 1. The van der Waals surface area contributed by atoms with Crippen LogP contribution in [0.2, 0.25) is 5.02 Å². The summed E-state index contributed by atoms with van der Waals surface area (Å²) in [4.78, 5) is 15.8. The van der Waals surface area contributed by atoms with Gasteiger partial charge in [-0.15, -0.1) is 0 Å². The summed E-state index contributed by atoms with van der Waals surface area (Å²) in [6, 6.07) is 14.8. The fourth-order valence-electron chi connectivity index (χ4n) is 2.27. The monoisotopic (exact) mass is 297 g/mol. The van der Waals surface area contributed by atoms with Gasteiger partial charge in [0.05, 0.1) is 18.2 Å². The molecule has 0 saturated carbocycles. The molecule has 4 heteroatoms. The first kappa shape index (κ1) is 13.6. The number of hydrogen-bond donors (Lipinski definition) is 0. The summed E-state index contributed by atoms with van der Waals surface area (Å²) in [7, 11) is 1.37. The second-order valence-electron chi connectivity index (χ2n) is 4.59. The molecule has 0 amide bonds. The molecule has 3 nitrogen and oxygen atoms in total. The van der Waals surface area contributed by atoms with Crippen LogP contribution < -0.4 is 0 Å². The standard InChI is InChI=1S/C17H12ClNO2/c1-21-17(20)12-4-2-11(3-5-12)14-8-9-19-16-7-6-13(18)10-15(14)16/h2-10H,1H3. The van der Waals surface area contributed by atoms with Crippen molar-refractivity contribution in [3.05, 3.63) is 65.3 Å². The zero-order chi connectivity index (χ0) is 14.8. The highest BCUT2D eigenvalue weighted by atomic mass is 35.5. The largest absolute Gasteiger partial charge is 0.465 e. The van der Waals surface area contributed by atoms with E-state index in [1.54, 1.807) is 18.3 Å². The van der Waals surface area contributed by atoms with E-state index in [-0.39, 0.29) is 5.97 Å². The molecule has 3 rings (SSSR count). The molecule has 21 heavy (non-hydrogen) atoms. The molecule has 1 aromatic heterocycles. The van der Waals surface area contributed by atoms with Crippen molar-refractivity contribution in [1.29, 1.82) is 0 Å². The maximum atomic E-state index is 11.5. The number of nitrogens with zero attached hydrogens (tertiary/aromatic N) is 1. The van der Waals surface area contributed by atoms with Crippen molar-refractivity contribution in [3.8, 4) is 11.1 Å². The molecule has 0 saturated heterocycles. The molecule has 0 unspecified atom stereocenters. The van der Waals surface area contributed by atoms with Crippen molar-refractivity contribution in [2.24, 2.45) is 0 Å². The van der Waals surface area contributed by atoms with Crippen molar-refractivity contribution in [2.75, 3.05) is 7.11 Å². The van der Waals surface area contributed by atoms with Crippen LogP contribution in [0, 0.1) is 0 Å². The molecule has 0 spiro atoms. The Morgan fingerprint density at radius 3 is 2.57 bits per heavy atom. The van der Waals surface area contributed by atoms with E-state index < -0.39 is 0 Å². The first-order valence-electron chi connectivity index (χ1n) is 6.42. The number of fused-ring (bicyclic) bond motifs is 1. The van der Waals surface area contributed by atoms with Gasteiger partial charge in [-0.05, 0) is 47.5 Å². The minimum Gasteiger partial charge on any atom is -0.465 e. The van der Waals surface area contributed by atoms with E-state index in [4.69, 9.17) is 16.3 Å². The topological polar surface area (TPSA) is 39.2 Å². The summed E-state index contributed by atoms with van der Waals surface area (Å²) < 4.78 is 4.70. The average Bonchev–Trinajstić information content (AvgIpc) is 2.53. The van der Waals surface area contributed by atoms with Crippen LogP contribution in [-0.2, 0) is 4.74 Å². The Kier molecular flexibility index (Phi) is 3.59. The van der Waals surface area contributed by atoms with Crippen molar-refractivity contribution < 1.29 is 9.53 Å². The van der Waals surface area contributed by atoms with E-state index in [0.717, 1.165) is 22.0 Å². The third-order valence-corrected chi connectivity index (χ3v) is 3.56. The van der Waals surface area contributed by atoms with Crippen LogP contribution in [0.15, 0.2) is 54.7 Å². The molecule has 0 aliphatic rings. The summed E-state index contributed by atoms with van der Waals surface area (Å²) in [6.45, 7) is 0. The maximum absolute atomic E-state index is 11.5. The number of hydrogen-bond acceptors (Lipinski definition) is 3. The Morgan fingerprint density at radius 2 is 1.86 bits per heavy atom. The number of halogens is 1. The Bertz CT molecular complexity index is 813. The van der Waals surface area contributed by atoms with Gasteiger partial charge >= 0.3 is 5.97 Å². The normalized spacial score (nSPS) is 10.6. The molecule has 3 aromatic rings. The maximum Gasteiger partial charge on any atom is 0.337 e. The number of pyridine rings is 1. The van der Waals surface area contributed by atoms with Crippen molar-refractivity contribution >= 4 is 28.5 Å². The Hall–Kier alpha value is -2.39. The SMILES string of the molecule is COC(=O)c1ccc(-c2ccnc3ccc(Cl)cc23)cc1. The molecular formula is C17H12ClNO2. The molecule has 0 aliphatic carbocycles. The lowest BCUT2D eigenvalue weighted by Crippen LogP contribution is -2.00. The van der Waals surface area contributed by atoms with Crippen LogP contribution in [0.5, 0.6) is 0 Å². The molecule has 0 bridgehead atoms. The summed E-state index contributed by atoms with van der Waals surface area (Å²) in [5.74, 6) is -0.343. The predicted octanol–water partition coefficient (Wildman–Crippen LogP) is 4.34. The molecular weight excluding hydrogens is 286 g/mol. The molecule has 0 aliphatic heterocycles. The van der Waals surface area contributed by atoms with Crippen LogP contribution in [0.3, 0.4) is 0 Å². The first-order chi connectivity index (χ1) is 10.2. The Labute approximate surface area is 127 Å². The number of methoxy groups -OCH3 is 1. The number of esters is 1. The van der Waals surface area contributed by atoms with Gasteiger partial charge in [0.1, 0.15) is 0 Å². The molecule has 104 valence electrons. The lowest BCUT2D eigenvalue weighted by molar-refractivity contribution is 0.0601. The summed E-state index contributed by atoms with van der Waals surface area (Å²) in [5.41, 5.74) is 3.43. The molecule has 1 heterocycles. The average molecular weight is 298 g/mol. The van der Waals surface area contributed by atoms with Gasteiger partial charge in [0.15, 0.2) is 0 Å². The zero-order valence-electron chi connectivity index (χ0n) is 11.3. The van der Waals surface area contributed by atoms with E-state index >= 15 is 0 Å². The van der Waals surface area contributed by atoms with Crippen LogP contribution in [0.4, 0.5) is 0 Å². The van der Waals surface area contributed by atoms with E-state index in [2.05, 4.69) is 4.98 Å². The summed E-state index contributed by atoms with van der Waals surface area (Å²) in [5, 5.41) is 1.65. The van der Waals surface area contributed by atoms with Gasteiger partial charge in [-0.2, -0.15) is 0 Å². The smallest absolute Gasteiger partial charge is 0.337 e. The van der Waals surface area contributed by atoms with Crippen LogP contribution >= 0.6 is 11.6 Å². The fourth-order valence-corrected chi connectivity index (χ4v) is 2.45. The number of aromatic nitrogens is 1. The molecule has 0 radical (unpaired) electrons. The van der Waals surface area contributed by atoms with Crippen LogP contribution in [0.1, 0.15) is 10.4 Å².